The quantitative estimate of drug-likeness (QED) is 0.790. The van der Waals surface area contributed by atoms with Gasteiger partial charge in [0.1, 0.15) is 0 Å². The molecule has 1 atom stereocenters. The van der Waals surface area contributed by atoms with E-state index in [1.807, 2.05) is 0 Å². The molecule has 3 N–H and O–H groups in total. The Hall–Kier alpha value is -1.80. The van der Waals surface area contributed by atoms with Gasteiger partial charge in [0.25, 0.3) is 5.91 Å². The molecule has 3 rings (SSSR count). The van der Waals surface area contributed by atoms with Crippen molar-refractivity contribution in [3.63, 3.8) is 0 Å². The zero-order valence-corrected chi connectivity index (χ0v) is 15.8. The van der Waals surface area contributed by atoms with Crippen LogP contribution in [-0.4, -0.2) is 30.4 Å². The molecular formula is C18H23ClF3N3O2. The fourth-order valence-electron chi connectivity index (χ4n) is 3.35. The largest absolute Gasteiger partial charge is 0.416 e. The van der Waals surface area contributed by atoms with Crippen LogP contribution < -0.4 is 16.0 Å². The molecule has 27 heavy (non-hydrogen) atoms. The van der Waals surface area contributed by atoms with Gasteiger partial charge in [-0.05, 0) is 50.3 Å². The number of amides is 2. The van der Waals surface area contributed by atoms with Gasteiger partial charge >= 0.3 is 6.18 Å². The second kappa shape index (κ2) is 7.67. The van der Waals surface area contributed by atoms with E-state index in [1.165, 1.54) is 11.0 Å². The highest BCUT2D eigenvalue weighted by atomic mass is 35.5. The zero-order valence-electron chi connectivity index (χ0n) is 14.9. The van der Waals surface area contributed by atoms with Gasteiger partial charge in [-0.2, -0.15) is 13.2 Å². The lowest BCUT2D eigenvalue weighted by molar-refractivity contribution is -0.137. The number of benzene rings is 1. The Bertz CT molecular complexity index is 737. The summed E-state index contributed by atoms with van der Waals surface area (Å²) in [6, 6.07) is 3.09. The first-order chi connectivity index (χ1) is 12.1. The number of carbonyl (C=O) groups is 2. The molecule has 1 aromatic carbocycles. The molecule has 0 radical (unpaired) electrons. The van der Waals surface area contributed by atoms with Gasteiger partial charge in [-0.25, -0.2) is 0 Å². The van der Waals surface area contributed by atoms with Crippen LogP contribution in [-0.2, 0) is 11.0 Å². The van der Waals surface area contributed by atoms with Gasteiger partial charge in [0.2, 0.25) is 5.91 Å². The number of nitrogens with two attached hydrogens (primary N) is 1. The van der Waals surface area contributed by atoms with Crippen LogP contribution in [0.15, 0.2) is 18.2 Å². The normalized spacial score (nSPS) is 19.4. The predicted molar refractivity (Wildman–Crippen MR) is 97.9 cm³/mol. The summed E-state index contributed by atoms with van der Waals surface area (Å²) in [7, 11) is 0. The second-order valence-electron chi connectivity index (χ2n) is 7.27. The number of nitrogens with one attached hydrogen (secondary N) is 1. The first-order valence-electron chi connectivity index (χ1n) is 8.69. The molecule has 1 aliphatic heterocycles. The lowest BCUT2D eigenvalue weighted by atomic mass is 9.95. The molecule has 150 valence electrons. The van der Waals surface area contributed by atoms with Crippen molar-refractivity contribution in [2.45, 2.75) is 44.3 Å². The summed E-state index contributed by atoms with van der Waals surface area (Å²) in [5, 5.41) is 2.79. The topological polar surface area (TPSA) is 75.4 Å². The number of alkyl halides is 3. The molecule has 0 spiro atoms. The van der Waals surface area contributed by atoms with Gasteiger partial charge in [0, 0.05) is 30.8 Å². The molecule has 0 bridgehead atoms. The van der Waals surface area contributed by atoms with Crippen molar-refractivity contribution < 1.29 is 22.8 Å². The minimum Gasteiger partial charge on any atom is -0.345 e. The van der Waals surface area contributed by atoms with Crippen LogP contribution in [0, 0.1) is 5.92 Å². The van der Waals surface area contributed by atoms with Crippen molar-refractivity contribution in [2.24, 2.45) is 11.7 Å². The number of halogens is 4. The third-order valence-electron chi connectivity index (χ3n) is 5.19. The molecule has 1 aliphatic carbocycles. The predicted octanol–water partition coefficient (Wildman–Crippen LogP) is 3.11. The molecule has 1 unspecified atom stereocenters. The highest BCUT2D eigenvalue weighted by Gasteiger charge is 2.42. The van der Waals surface area contributed by atoms with Crippen LogP contribution in [0.3, 0.4) is 0 Å². The molecule has 5 nitrogen and oxygen atoms in total. The van der Waals surface area contributed by atoms with E-state index in [0.717, 1.165) is 25.0 Å². The molecule has 9 heteroatoms. The van der Waals surface area contributed by atoms with Gasteiger partial charge in [-0.15, -0.1) is 12.4 Å². The van der Waals surface area contributed by atoms with Gasteiger partial charge in [-0.3, -0.25) is 9.59 Å². The number of anilines is 1. The van der Waals surface area contributed by atoms with Crippen molar-refractivity contribution >= 4 is 29.9 Å². The molecule has 1 saturated carbocycles. The first-order valence-corrected chi connectivity index (χ1v) is 8.69. The first kappa shape index (κ1) is 21.5. The second-order valence-corrected chi connectivity index (χ2v) is 7.27. The van der Waals surface area contributed by atoms with Crippen molar-refractivity contribution in [3.05, 3.63) is 29.3 Å². The summed E-state index contributed by atoms with van der Waals surface area (Å²) in [4.78, 5) is 25.9. The molecule has 1 aromatic rings. The summed E-state index contributed by atoms with van der Waals surface area (Å²) in [5.74, 6) is -0.605. The maximum atomic E-state index is 13.3. The summed E-state index contributed by atoms with van der Waals surface area (Å²) < 4.78 is 39.8. The summed E-state index contributed by atoms with van der Waals surface area (Å²) in [6.07, 6.45) is -1.86. The van der Waals surface area contributed by atoms with Crippen molar-refractivity contribution in [1.29, 1.82) is 0 Å². The SMILES string of the molecule is CC(CN)(NC(=O)c1cc(N2CCCC2=O)cc(C(F)(F)F)c1)C1CC1.Cl. The Kier molecular flexibility index (Phi) is 6.11. The Morgan fingerprint density at radius 3 is 2.44 bits per heavy atom. The zero-order chi connectivity index (χ0) is 19.1. The van der Waals surface area contributed by atoms with E-state index in [9.17, 15) is 22.8 Å². The Morgan fingerprint density at radius 1 is 1.30 bits per heavy atom. The van der Waals surface area contributed by atoms with E-state index in [4.69, 9.17) is 5.73 Å². The minimum atomic E-state index is -4.61. The molecule has 1 heterocycles. The minimum absolute atomic E-state index is 0. The number of nitrogens with zero attached hydrogens (tertiary/aromatic N) is 1. The number of hydrogen-bond donors (Lipinski definition) is 2. The van der Waals surface area contributed by atoms with Crippen molar-refractivity contribution in [1.82, 2.24) is 5.32 Å². The fraction of sp³-hybridized carbons (Fsp3) is 0.556. The van der Waals surface area contributed by atoms with Crippen molar-refractivity contribution in [3.8, 4) is 0 Å². The highest BCUT2D eigenvalue weighted by molar-refractivity contribution is 5.99. The lowest BCUT2D eigenvalue weighted by Gasteiger charge is -2.30. The van der Waals surface area contributed by atoms with E-state index in [-0.39, 0.29) is 42.0 Å². The number of rotatable bonds is 5. The van der Waals surface area contributed by atoms with Crippen LogP contribution in [0.25, 0.3) is 0 Å². The van der Waals surface area contributed by atoms with Crippen LogP contribution in [0.4, 0.5) is 18.9 Å². The monoisotopic (exact) mass is 405 g/mol. The Balaban J connectivity index is 0.00000261. The van der Waals surface area contributed by atoms with Crippen LogP contribution >= 0.6 is 12.4 Å². The van der Waals surface area contributed by atoms with Gasteiger partial charge in [-0.1, -0.05) is 0 Å². The third kappa shape index (κ3) is 4.55. The standard InChI is InChI=1S/C18H22F3N3O2.ClH/c1-17(10-22,12-4-5-12)23-16(26)11-7-13(18(19,20)21)9-14(8-11)24-6-2-3-15(24)25;/h7-9,12H,2-6,10,22H2,1H3,(H,23,26);1H. The molecular weight excluding hydrogens is 383 g/mol. The maximum Gasteiger partial charge on any atom is 0.416 e. The molecule has 1 saturated heterocycles. The van der Waals surface area contributed by atoms with Crippen LogP contribution in [0.1, 0.15) is 48.5 Å². The van der Waals surface area contributed by atoms with Crippen molar-refractivity contribution in [2.75, 3.05) is 18.0 Å². The number of carbonyl (C=O) groups excluding carboxylic acids is 2. The van der Waals surface area contributed by atoms with Gasteiger partial charge < -0.3 is 16.0 Å². The van der Waals surface area contributed by atoms with E-state index in [2.05, 4.69) is 5.32 Å². The maximum absolute atomic E-state index is 13.3. The van der Waals surface area contributed by atoms with E-state index < -0.39 is 23.2 Å². The van der Waals surface area contributed by atoms with Crippen LogP contribution in [0.2, 0.25) is 0 Å². The fourth-order valence-corrected chi connectivity index (χ4v) is 3.35. The lowest BCUT2D eigenvalue weighted by Crippen LogP contribution is -2.53. The molecule has 2 amide bonds. The third-order valence-corrected chi connectivity index (χ3v) is 5.19. The van der Waals surface area contributed by atoms with Gasteiger partial charge in [0.05, 0.1) is 11.1 Å². The molecule has 2 fully saturated rings. The van der Waals surface area contributed by atoms with E-state index in [1.54, 1.807) is 6.92 Å². The summed E-state index contributed by atoms with van der Waals surface area (Å²) in [5.41, 5.74) is 4.17. The smallest absolute Gasteiger partial charge is 0.345 e. The summed E-state index contributed by atoms with van der Waals surface area (Å²) in [6.45, 7) is 2.37. The average molecular weight is 406 g/mol. The Labute approximate surface area is 161 Å². The van der Waals surface area contributed by atoms with Crippen LogP contribution in [0.5, 0.6) is 0 Å². The summed E-state index contributed by atoms with van der Waals surface area (Å²) >= 11 is 0. The molecule has 0 aromatic heterocycles. The van der Waals surface area contributed by atoms with E-state index in [0.29, 0.717) is 19.4 Å². The molecule has 2 aliphatic rings. The highest BCUT2D eigenvalue weighted by Crippen LogP contribution is 2.39. The van der Waals surface area contributed by atoms with E-state index >= 15 is 0 Å². The average Bonchev–Trinajstić information content (AvgIpc) is 3.36. The number of hydrogen-bond acceptors (Lipinski definition) is 3. The Morgan fingerprint density at radius 2 is 1.96 bits per heavy atom. The van der Waals surface area contributed by atoms with Gasteiger partial charge in [0.15, 0.2) is 0 Å².